The first-order valence-electron chi connectivity index (χ1n) is 19.8. The number of rotatable bonds is 26. The summed E-state index contributed by atoms with van der Waals surface area (Å²) in [6.07, 6.45) is -3.06. The quantitative estimate of drug-likeness (QED) is 0.0155. The van der Waals surface area contributed by atoms with E-state index in [1.807, 2.05) is 5.92 Å². The first-order chi connectivity index (χ1) is 29.8. The minimum absolute atomic E-state index is 0. The molecule has 11 N–H and O–H groups in total. The zero-order valence-electron chi connectivity index (χ0n) is 35.5. The topological polar surface area (TPSA) is 338 Å². The summed E-state index contributed by atoms with van der Waals surface area (Å²) in [5, 5.41) is 31.7. The standard InChI is InChI=1S/C41H53O19P3.H3N.14H2/c1-3-5-7-9-11-13-15-17-19-21-23-25-27-29-34(42)55-31-33(57-35(43)30-28-26-24-22-20-18-16-14-12-10-8-6-4-2)32-56-63(53,54)60-39-36(44)37(45)40(58-61(47,48)49)41(38(39)46)59-62(50,51)52;;;;;;;;;;;;;;;/h33,36-41,44-46H,4,6,8,10,12,14,16,18,20,22,24,26,28,30-32H2,1-2H3,(H,53,54)(H2,47,48,49)(H2,50,51,52);1H3;14*1H/t33-,36-,37+,38?,39?,40?,41-;;;;;;;;;;;;;;;/m1.............../s1. The second-order valence-electron chi connectivity index (χ2n) is 13.5. The minimum Gasteiger partial charge on any atom is -0.456 e. The summed E-state index contributed by atoms with van der Waals surface area (Å²) in [6, 6.07) is 0. The van der Waals surface area contributed by atoms with E-state index >= 15 is 0 Å². The van der Waals surface area contributed by atoms with E-state index in [-0.39, 0.29) is 32.5 Å². The van der Waals surface area contributed by atoms with Crippen molar-refractivity contribution in [3.63, 3.8) is 0 Å². The van der Waals surface area contributed by atoms with Crippen molar-refractivity contribution in [1.29, 1.82) is 0 Å². The summed E-state index contributed by atoms with van der Waals surface area (Å²) in [7, 11) is -16.7. The number of carbonyl (C=O) groups excluding carboxylic acids is 2. The summed E-state index contributed by atoms with van der Waals surface area (Å²) in [6.45, 7) is 1.99. The van der Waals surface area contributed by atoms with Crippen LogP contribution >= 0.6 is 23.5 Å². The van der Waals surface area contributed by atoms with Crippen LogP contribution in [-0.2, 0) is 50.9 Å². The van der Waals surface area contributed by atoms with Gasteiger partial charge < -0.3 is 55.4 Å². The van der Waals surface area contributed by atoms with Crippen molar-refractivity contribution < 1.29 is 111 Å². The predicted octanol–water partition coefficient (Wildman–Crippen LogP) is 6.13. The Hall–Kier alpha value is -3.97. The number of carbonyl (C=O) groups is 2. The lowest BCUT2D eigenvalue weighted by molar-refractivity contribution is -0.213. The van der Waals surface area contributed by atoms with Crippen LogP contribution in [0.4, 0.5) is 0 Å². The Morgan fingerprint density at radius 2 is 0.969 bits per heavy atom. The van der Waals surface area contributed by atoms with Crippen molar-refractivity contribution in [3.8, 4) is 82.9 Å². The molecule has 382 valence electrons. The van der Waals surface area contributed by atoms with Crippen molar-refractivity contribution >= 4 is 35.4 Å². The van der Waals surface area contributed by atoms with Crippen molar-refractivity contribution in [2.75, 3.05) is 13.2 Å². The largest absolute Gasteiger partial charge is 0.472 e. The third kappa shape index (κ3) is 29.5. The molecule has 0 bridgehead atoms. The van der Waals surface area contributed by atoms with Crippen LogP contribution in [0.1, 0.15) is 124 Å². The minimum atomic E-state index is -5.63. The van der Waals surface area contributed by atoms with Crippen LogP contribution in [0.5, 0.6) is 0 Å². The lowest BCUT2D eigenvalue weighted by atomic mass is 9.85. The molecule has 0 spiro atoms. The summed E-state index contributed by atoms with van der Waals surface area (Å²) < 4.78 is 64.5. The van der Waals surface area contributed by atoms with Gasteiger partial charge in [0.2, 0.25) is 0 Å². The highest BCUT2D eigenvalue weighted by Crippen LogP contribution is 2.51. The molecule has 0 aromatic heterocycles. The molecule has 8 atom stereocenters. The molecular weight excluding hydrogens is 903 g/mol. The molecule has 0 aliphatic heterocycles. The summed E-state index contributed by atoms with van der Waals surface area (Å²) >= 11 is 0. The van der Waals surface area contributed by atoms with E-state index < -0.39 is 91.3 Å². The molecule has 20 nitrogen and oxygen atoms in total. The van der Waals surface area contributed by atoms with Gasteiger partial charge in [0.15, 0.2) is 6.10 Å². The molecule has 0 radical (unpaired) electrons. The molecule has 64 heavy (non-hydrogen) atoms. The number of ether oxygens (including phenoxy) is 2. The zero-order valence-corrected chi connectivity index (χ0v) is 38.2. The molecule has 1 fully saturated rings. The van der Waals surface area contributed by atoms with Crippen LogP contribution in [0.25, 0.3) is 0 Å². The van der Waals surface area contributed by atoms with Crippen molar-refractivity contribution in [2.45, 2.75) is 146 Å². The number of esters is 2. The summed E-state index contributed by atoms with van der Waals surface area (Å²) in [5.41, 5.74) is 0. The predicted molar refractivity (Wildman–Crippen MR) is 258 cm³/mol. The maximum absolute atomic E-state index is 13.0. The SMILES string of the molecule is CC#CC#CC#CC#CC#CC#CC#CC(=O)OC[C@H](COP(=O)(O)OC1C(O)[C@@H](OP(=O)(O)O)C(OP(=O)(O)O)[C@@H](O)[C@H]1O)OC(=O)CCCCCCCCCCCCCCC.N.[HH].[HH].[HH].[HH].[HH].[HH].[HH].[HH].[HH].[HH].[HH].[HH].[HH].[HH]. The number of unbranched alkanes of at least 4 members (excludes halogenated alkanes) is 12. The van der Waals surface area contributed by atoms with E-state index in [0.717, 1.165) is 25.7 Å². The Kier molecular flexibility index (Phi) is 31.4. The van der Waals surface area contributed by atoms with E-state index in [9.17, 15) is 63.1 Å². The second kappa shape index (κ2) is 33.5. The van der Waals surface area contributed by atoms with Crippen molar-refractivity contribution in [2.24, 2.45) is 0 Å². The third-order valence-electron chi connectivity index (χ3n) is 8.38. The van der Waals surface area contributed by atoms with Gasteiger partial charge in [0, 0.05) is 32.3 Å². The van der Waals surface area contributed by atoms with Crippen LogP contribution in [0.3, 0.4) is 0 Å². The van der Waals surface area contributed by atoms with Crippen LogP contribution in [0.15, 0.2) is 0 Å². The highest BCUT2D eigenvalue weighted by atomic mass is 31.2. The second-order valence-corrected chi connectivity index (χ2v) is 17.3. The Balaban J connectivity index is -0.000000204. The smallest absolute Gasteiger partial charge is 0.456 e. The maximum atomic E-state index is 13.0. The number of aliphatic hydroxyl groups is 3. The van der Waals surface area contributed by atoms with E-state index in [0.29, 0.717) is 12.8 Å². The fraction of sp³-hybridized carbons (Fsp3) is 0.610. The van der Waals surface area contributed by atoms with E-state index in [2.05, 4.69) is 92.9 Å². The monoisotopic (exact) mass is 987 g/mol. The highest BCUT2D eigenvalue weighted by molar-refractivity contribution is 7.47. The van der Waals surface area contributed by atoms with Gasteiger partial charge in [0.1, 0.15) is 43.2 Å². The van der Waals surface area contributed by atoms with Gasteiger partial charge >= 0.3 is 35.4 Å². The number of phosphoric ester groups is 3. The van der Waals surface area contributed by atoms with Crippen molar-refractivity contribution in [1.82, 2.24) is 6.15 Å². The van der Waals surface area contributed by atoms with E-state index in [4.69, 9.17) is 18.5 Å². The average molecular weight is 988 g/mol. The van der Waals surface area contributed by atoms with Gasteiger partial charge in [-0.1, -0.05) is 89.9 Å². The molecule has 0 saturated heterocycles. The molecule has 1 saturated carbocycles. The Bertz CT molecular complexity index is 2130. The van der Waals surface area contributed by atoms with E-state index in [1.54, 1.807) is 6.92 Å². The molecule has 4 unspecified atom stereocenters. The fourth-order valence-electron chi connectivity index (χ4n) is 5.52. The van der Waals surface area contributed by atoms with Crippen LogP contribution < -0.4 is 6.15 Å². The van der Waals surface area contributed by atoms with Crippen LogP contribution in [0.2, 0.25) is 0 Å². The molecule has 1 rings (SSSR count). The molecule has 1 aliphatic carbocycles. The van der Waals surface area contributed by atoms with Gasteiger partial charge in [-0.3, -0.25) is 22.9 Å². The average Bonchev–Trinajstić information content (AvgIpc) is 3.20. The Morgan fingerprint density at radius 1 is 0.562 bits per heavy atom. The van der Waals surface area contributed by atoms with Gasteiger partial charge in [-0.15, -0.1) is 0 Å². The molecule has 0 heterocycles. The summed E-state index contributed by atoms with van der Waals surface area (Å²) in [5.74, 6) is 31.2. The Labute approximate surface area is 394 Å². The molecule has 0 amide bonds. The normalized spacial score (nSPS) is 20.0. The van der Waals surface area contributed by atoms with Gasteiger partial charge in [0.25, 0.3) is 0 Å². The Morgan fingerprint density at radius 3 is 1.42 bits per heavy atom. The van der Waals surface area contributed by atoms with Gasteiger partial charge in [-0.25, -0.2) is 18.5 Å². The number of hydrogen-bond donors (Lipinski definition) is 9. The molecule has 0 aromatic rings. The number of hydrogen-bond acceptors (Lipinski definition) is 15. The van der Waals surface area contributed by atoms with Gasteiger partial charge in [-0.2, -0.15) is 0 Å². The lowest BCUT2D eigenvalue weighted by Gasteiger charge is -2.44. The zero-order chi connectivity index (χ0) is 47.2. The van der Waals surface area contributed by atoms with Crippen LogP contribution in [-0.4, -0.2) is 108 Å². The van der Waals surface area contributed by atoms with Crippen LogP contribution in [0, 0.1) is 82.9 Å². The molecule has 1 aliphatic rings. The molecule has 23 heteroatoms. The highest BCUT2D eigenvalue weighted by Gasteiger charge is 2.56. The summed E-state index contributed by atoms with van der Waals surface area (Å²) in [4.78, 5) is 72.4. The van der Waals surface area contributed by atoms with Gasteiger partial charge in [-0.05, 0) is 84.4 Å². The number of aliphatic hydroxyl groups excluding tert-OH is 3. The fourth-order valence-corrected chi connectivity index (χ4v) is 7.62. The first-order valence-corrected chi connectivity index (χ1v) is 24.3. The van der Waals surface area contributed by atoms with Gasteiger partial charge in [0.05, 0.1) is 6.61 Å². The molecule has 0 aromatic carbocycles. The maximum Gasteiger partial charge on any atom is 0.472 e. The lowest BCUT2D eigenvalue weighted by Crippen LogP contribution is -2.65. The molecular formula is C41H84NO19P3. The number of phosphoric acid groups is 3. The van der Waals surface area contributed by atoms with E-state index in [1.165, 1.54) is 44.9 Å². The first kappa shape index (κ1) is 60.0. The van der Waals surface area contributed by atoms with Crippen molar-refractivity contribution in [3.05, 3.63) is 0 Å². The third-order valence-corrected chi connectivity index (χ3v) is 10.4.